The Kier molecular flexibility index (Phi) is 2.83. The highest BCUT2D eigenvalue weighted by Crippen LogP contribution is 2.28. The molecule has 4 heteroatoms. The van der Waals surface area contributed by atoms with E-state index in [0.29, 0.717) is 12.2 Å². The molecule has 0 saturated heterocycles. The molecule has 1 aromatic heterocycles. The quantitative estimate of drug-likeness (QED) is 0.779. The largest absolute Gasteiger partial charge is 0.397 e. The number of aliphatic hydroxyl groups excluding tert-OH is 1. The molecule has 0 spiro atoms. The van der Waals surface area contributed by atoms with Gasteiger partial charge in [-0.2, -0.15) is 0 Å². The first-order chi connectivity index (χ1) is 7.95. The van der Waals surface area contributed by atoms with Gasteiger partial charge in [0, 0.05) is 12.0 Å². The lowest BCUT2D eigenvalue weighted by molar-refractivity contribution is 0.273. The van der Waals surface area contributed by atoms with Crippen LogP contribution in [0.15, 0.2) is 18.2 Å². The van der Waals surface area contributed by atoms with Crippen LogP contribution in [-0.4, -0.2) is 21.3 Å². The van der Waals surface area contributed by atoms with E-state index in [0.717, 1.165) is 16.9 Å². The minimum Gasteiger partial charge on any atom is -0.397 e. The van der Waals surface area contributed by atoms with Crippen molar-refractivity contribution in [2.45, 2.75) is 32.7 Å². The van der Waals surface area contributed by atoms with Gasteiger partial charge in [0.15, 0.2) is 0 Å². The van der Waals surface area contributed by atoms with E-state index >= 15 is 0 Å². The average molecular weight is 233 g/mol. The number of aliphatic hydroxyl groups is 1. The first-order valence-corrected chi connectivity index (χ1v) is 5.81. The highest BCUT2D eigenvalue weighted by molar-refractivity contribution is 5.87. The number of aromatic nitrogens is 2. The highest BCUT2D eigenvalue weighted by Gasteiger charge is 2.23. The smallest absolute Gasteiger partial charge is 0.115 e. The van der Waals surface area contributed by atoms with Crippen LogP contribution in [-0.2, 0) is 12.0 Å². The number of imidazole rings is 1. The summed E-state index contributed by atoms with van der Waals surface area (Å²) in [7, 11) is 0. The van der Waals surface area contributed by atoms with Gasteiger partial charge in [0.05, 0.1) is 17.8 Å². The van der Waals surface area contributed by atoms with Crippen molar-refractivity contribution in [1.82, 2.24) is 9.55 Å². The second kappa shape index (κ2) is 4.04. The summed E-state index contributed by atoms with van der Waals surface area (Å²) in [5, 5.41) is 9.18. The number of hydrogen-bond donors (Lipinski definition) is 2. The van der Waals surface area contributed by atoms with Gasteiger partial charge in [-0.25, -0.2) is 4.98 Å². The Balaban J connectivity index is 2.75. The summed E-state index contributed by atoms with van der Waals surface area (Å²) in [5.74, 6) is 0.958. The van der Waals surface area contributed by atoms with E-state index in [4.69, 9.17) is 5.73 Å². The molecule has 17 heavy (non-hydrogen) atoms. The Hall–Kier alpha value is -1.55. The Morgan fingerprint density at radius 2 is 2.06 bits per heavy atom. The number of benzene rings is 1. The van der Waals surface area contributed by atoms with E-state index in [1.807, 2.05) is 22.8 Å². The minimum absolute atomic E-state index is 0.0688. The molecular formula is C13H19N3O. The minimum atomic E-state index is -0.0688. The third kappa shape index (κ3) is 2.00. The van der Waals surface area contributed by atoms with Crippen LogP contribution < -0.4 is 5.73 Å². The van der Waals surface area contributed by atoms with Gasteiger partial charge in [-0.05, 0) is 12.1 Å². The van der Waals surface area contributed by atoms with Crippen molar-refractivity contribution >= 4 is 16.7 Å². The third-order valence-corrected chi connectivity index (χ3v) is 2.80. The number of hydrogen-bond acceptors (Lipinski definition) is 3. The van der Waals surface area contributed by atoms with Gasteiger partial charge in [-0.15, -0.1) is 0 Å². The molecule has 92 valence electrons. The van der Waals surface area contributed by atoms with E-state index in [1.54, 1.807) is 0 Å². The second-order valence-electron chi connectivity index (χ2n) is 5.28. The second-order valence-corrected chi connectivity index (χ2v) is 5.28. The number of rotatable bonds is 2. The third-order valence-electron chi connectivity index (χ3n) is 2.80. The van der Waals surface area contributed by atoms with Crippen LogP contribution in [0.1, 0.15) is 26.6 Å². The highest BCUT2D eigenvalue weighted by atomic mass is 16.3. The molecule has 0 aliphatic rings. The number of nitrogen functional groups attached to an aromatic ring is 1. The molecule has 0 aliphatic heterocycles. The Morgan fingerprint density at radius 3 is 2.65 bits per heavy atom. The van der Waals surface area contributed by atoms with Gasteiger partial charge in [0.1, 0.15) is 11.3 Å². The SMILES string of the molecule is CC(C)(C)c1nc2c(N)cccc2n1CCO. The van der Waals surface area contributed by atoms with Crippen molar-refractivity contribution in [3.8, 4) is 0 Å². The molecule has 4 nitrogen and oxygen atoms in total. The number of nitrogens with zero attached hydrogens (tertiary/aromatic N) is 2. The molecule has 0 unspecified atom stereocenters. The summed E-state index contributed by atoms with van der Waals surface area (Å²) in [6, 6.07) is 5.76. The molecule has 0 atom stereocenters. The van der Waals surface area contributed by atoms with Crippen molar-refractivity contribution in [3.05, 3.63) is 24.0 Å². The zero-order chi connectivity index (χ0) is 12.6. The van der Waals surface area contributed by atoms with Gasteiger partial charge in [-0.3, -0.25) is 0 Å². The molecule has 0 fully saturated rings. The maximum Gasteiger partial charge on any atom is 0.115 e. The van der Waals surface area contributed by atoms with Gasteiger partial charge in [0.25, 0.3) is 0 Å². The van der Waals surface area contributed by atoms with Gasteiger partial charge < -0.3 is 15.4 Å². The topological polar surface area (TPSA) is 64.1 Å². The maximum atomic E-state index is 9.18. The Morgan fingerprint density at radius 1 is 1.35 bits per heavy atom. The molecular weight excluding hydrogens is 214 g/mol. The maximum absolute atomic E-state index is 9.18. The molecule has 0 radical (unpaired) electrons. The predicted octanol–water partition coefficient (Wildman–Crippen LogP) is 1.91. The van der Waals surface area contributed by atoms with Crippen LogP contribution in [0.4, 0.5) is 5.69 Å². The van der Waals surface area contributed by atoms with E-state index in [-0.39, 0.29) is 12.0 Å². The van der Waals surface area contributed by atoms with Gasteiger partial charge >= 0.3 is 0 Å². The summed E-state index contributed by atoms with van der Waals surface area (Å²) in [4.78, 5) is 4.63. The molecule has 1 heterocycles. The molecule has 1 aromatic carbocycles. The van der Waals surface area contributed by atoms with Crippen LogP contribution >= 0.6 is 0 Å². The average Bonchev–Trinajstić information content (AvgIpc) is 2.59. The zero-order valence-corrected chi connectivity index (χ0v) is 10.6. The van der Waals surface area contributed by atoms with Crippen LogP contribution in [0.5, 0.6) is 0 Å². The van der Waals surface area contributed by atoms with E-state index in [1.165, 1.54) is 0 Å². The van der Waals surface area contributed by atoms with Crippen molar-refractivity contribution in [1.29, 1.82) is 0 Å². The normalized spacial score (nSPS) is 12.2. The molecule has 2 rings (SSSR count). The molecule has 0 amide bonds. The fourth-order valence-electron chi connectivity index (χ4n) is 2.07. The van der Waals surface area contributed by atoms with E-state index in [2.05, 4.69) is 25.8 Å². The Labute approximate surface area is 101 Å². The first-order valence-electron chi connectivity index (χ1n) is 5.81. The van der Waals surface area contributed by atoms with E-state index in [9.17, 15) is 5.11 Å². The predicted molar refractivity (Wildman–Crippen MR) is 69.9 cm³/mol. The van der Waals surface area contributed by atoms with Gasteiger partial charge in [0.2, 0.25) is 0 Å². The summed E-state index contributed by atoms with van der Waals surface area (Å²) >= 11 is 0. The van der Waals surface area contributed by atoms with Crippen LogP contribution in [0.3, 0.4) is 0 Å². The van der Waals surface area contributed by atoms with E-state index < -0.39 is 0 Å². The fraction of sp³-hybridized carbons (Fsp3) is 0.462. The molecule has 0 bridgehead atoms. The zero-order valence-electron chi connectivity index (χ0n) is 10.6. The number of para-hydroxylation sites is 1. The van der Waals surface area contributed by atoms with Crippen molar-refractivity contribution in [3.63, 3.8) is 0 Å². The monoisotopic (exact) mass is 233 g/mol. The number of fused-ring (bicyclic) bond motifs is 1. The molecule has 0 saturated carbocycles. The van der Waals surface area contributed by atoms with Crippen LogP contribution in [0, 0.1) is 0 Å². The molecule has 0 aliphatic carbocycles. The summed E-state index contributed by atoms with van der Waals surface area (Å²) in [6.07, 6.45) is 0. The van der Waals surface area contributed by atoms with Crippen molar-refractivity contribution in [2.24, 2.45) is 0 Å². The standard InChI is InChI=1S/C13H19N3O/c1-13(2,3)12-15-11-9(14)5-4-6-10(11)16(12)7-8-17/h4-6,17H,7-8,14H2,1-3H3. The summed E-state index contributed by atoms with van der Waals surface area (Å²) in [5.41, 5.74) is 8.37. The molecule has 3 N–H and O–H groups in total. The lowest BCUT2D eigenvalue weighted by Crippen LogP contribution is -2.20. The fourth-order valence-corrected chi connectivity index (χ4v) is 2.07. The number of nitrogens with two attached hydrogens (primary N) is 1. The Bertz CT molecular complexity index is 537. The van der Waals surface area contributed by atoms with Crippen LogP contribution in [0.25, 0.3) is 11.0 Å². The summed E-state index contributed by atoms with van der Waals surface area (Å²) < 4.78 is 2.05. The number of anilines is 1. The van der Waals surface area contributed by atoms with Crippen molar-refractivity contribution < 1.29 is 5.11 Å². The van der Waals surface area contributed by atoms with Gasteiger partial charge in [-0.1, -0.05) is 26.8 Å². The lowest BCUT2D eigenvalue weighted by atomic mass is 9.95. The molecule has 2 aromatic rings. The lowest BCUT2D eigenvalue weighted by Gasteiger charge is -2.19. The first kappa shape index (κ1) is 11.9. The summed E-state index contributed by atoms with van der Waals surface area (Å²) in [6.45, 7) is 6.98. The van der Waals surface area contributed by atoms with Crippen molar-refractivity contribution in [2.75, 3.05) is 12.3 Å². The van der Waals surface area contributed by atoms with Crippen LogP contribution in [0.2, 0.25) is 0 Å².